The quantitative estimate of drug-likeness (QED) is 0.758. The molecule has 6 nitrogen and oxygen atoms in total. The van der Waals surface area contributed by atoms with Gasteiger partial charge < -0.3 is 14.9 Å². The number of piperidine rings is 1. The Labute approximate surface area is 183 Å². The Balaban J connectivity index is 1.43. The van der Waals surface area contributed by atoms with E-state index in [4.69, 9.17) is 16.3 Å². The fourth-order valence-electron chi connectivity index (χ4n) is 4.71. The van der Waals surface area contributed by atoms with Gasteiger partial charge in [0.25, 0.3) is 0 Å². The van der Waals surface area contributed by atoms with Gasteiger partial charge in [-0.3, -0.25) is 9.58 Å². The van der Waals surface area contributed by atoms with Crippen LogP contribution >= 0.6 is 11.6 Å². The lowest BCUT2D eigenvalue weighted by molar-refractivity contribution is -0.113. The second kappa shape index (κ2) is 8.24. The first kappa shape index (κ1) is 21.8. The number of hydrogen-bond donors (Lipinski definition) is 2. The van der Waals surface area contributed by atoms with E-state index in [1.165, 1.54) is 11.1 Å². The van der Waals surface area contributed by atoms with Crippen LogP contribution in [0, 0.1) is 0 Å². The van der Waals surface area contributed by atoms with Crippen molar-refractivity contribution < 1.29 is 14.9 Å². The maximum absolute atomic E-state index is 10.1. The number of fused-ring (bicyclic) bond motifs is 2. The molecule has 1 aromatic carbocycles. The third-order valence-electron chi connectivity index (χ3n) is 6.61. The summed E-state index contributed by atoms with van der Waals surface area (Å²) in [5.74, 6) is 0. The molecule has 2 aliphatic rings. The van der Waals surface area contributed by atoms with E-state index in [1.54, 1.807) is 18.5 Å². The van der Waals surface area contributed by atoms with E-state index in [2.05, 4.69) is 29.1 Å². The first-order valence-corrected chi connectivity index (χ1v) is 11.1. The van der Waals surface area contributed by atoms with Crippen molar-refractivity contribution in [2.75, 3.05) is 13.2 Å². The van der Waals surface area contributed by atoms with Gasteiger partial charge in [0.1, 0.15) is 6.10 Å². The minimum atomic E-state index is -1.15. The van der Waals surface area contributed by atoms with Crippen molar-refractivity contribution in [2.24, 2.45) is 0 Å². The summed E-state index contributed by atoms with van der Waals surface area (Å²) in [6.07, 6.45) is 5.76. The van der Waals surface area contributed by atoms with Crippen molar-refractivity contribution in [2.45, 2.75) is 76.5 Å². The van der Waals surface area contributed by atoms with Gasteiger partial charge in [-0.15, -0.1) is 0 Å². The predicted octanol–water partition coefficient (Wildman–Crippen LogP) is 3.12. The van der Waals surface area contributed by atoms with Gasteiger partial charge in [-0.1, -0.05) is 17.7 Å². The number of rotatable bonds is 5. The Hall–Kier alpha value is -1.44. The van der Waals surface area contributed by atoms with Crippen LogP contribution < -0.4 is 0 Å². The number of benzene rings is 1. The second-order valence-electron chi connectivity index (χ2n) is 9.41. The van der Waals surface area contributed by atoms with Gasteiger partial charge >= 0.3 is 0 Å². The van der Waals surface area contributed by atoms with E-state index in [0.717, 1.165) is 49.5 Å². The normalized spacial score (nSPS) is 26.0. The molecule has 0 saturated carbocycles. The lowest BCUT2D eigenvalue weighted by Crippen LogP contribution is -2.50. The smallest absolute Gasteiger partial charge is 0.102 e. The molecule has 4 rings (SSSR count). The lowest BCUT2D eigenvalue weighted by atomic mass is 9.77. The molecule has 2 aliphatic heterocycles. The van der Waals surface area contributed by atoms with Crippen LogP contribution in [0.5, 0.6) is 0 Å². The minimum Gasteiger partial charge on any atom is -0.388 e. The minimum absolute atomic E-state index is 0.241. The molecule has 0 aliphatic carbocycles. The number of aliphatic hydroxyl groups is 2. The molecule has 2 aromatic rings. The number of nitrogens with zero attached hydrogens (tertiary/aromatic N) is 3. The molecule has 3 atom stereocenters. The molecular formula is C23H32ClN3O3. The molecule has 0 bridgehead atoms. The highest BCUT2D eigenvalue weighted by Gasteiger charge is 2.43. The van der Waals surface area contributed by atoms with Crippen molar-refractivity contribution in [1.82, 2.24) is 14.7 Å². The third kappa shape index (κ3) is 4.43. The van der Waals surface area contributed by atoms with Crippen molar-refractivity contribution in [1.29, 1.82) is 0 Å². The lowest BCUT2D eigenvalue weighted by Gasteiger charge is -2.48. The standard InChI is InChI=1S/C23H32ClN3O3/c1-16-11-23(20-10-19(24)5-4-18(20)6-9-30-23)7-8-26(16)13-17-12-25-27(14-17)15-21(28)22(2,3)29/h4-5,10,12,14,16,21,28-29H,6-9,11,13,15H2,1-3H3/t16-,21+,23+/m0/s1. The zero-order valence-electron chi connectivity index (χ0n) is 18.0. The predicted molar refractivity (Wildman–Crippen MR) is 116 cm³/mol. The van der Waals surface area contributed by atoms with Crippen molar-refractivity contribution in [3.8, 4) is 0 Å². The summed E-state index contributed by atoms with van der Waals surface area (Å²) in [7, 11) is 0. The Morgan fingerprint density at radius 2 is 2.20 bits per heavy atom. The highest BCUT2D eigenvalue weighted by molar-refractivity contribution is 6.30. The highest BCUT2D eigenvalue weighted by Crippen LogP contribution is 2.44. The van der Waals surface area contributed by atoms with Gasteiger partial charge in [0.2, 0.25) is 0 Å². The summed E-state index contributed by atoms with van der Waals surface area (Å²) in [6.45, 7) is 8.23. The Morgan fingerprint density at radius 1 is 1.40 bits per heavy atom. The number of likely N-dealkylation sites (tertiary alicyclic amines) is 1. The SMILES string of the molecule is C[C@H]1C[C@@]2(CCN1Cc1cnn(C[C@@H](O)C(C)(C)O)c1)OCCc1ccc(Cl)cc12. The summed E-state index contributed by atoms with van der Waals surface area (Å²) in [5, 5.41) is 25.2. The van der Waals surface area contributed by atoms with E-state index in [9.17, 15) is 10.2 Å². The van der Waals surface area contributed by atoms with E-state index in [0.29, 0.717) is 6.04 Å². The van der Waals surface area contributed by atoms with Crippen LogP contribution in [0.2, 0.25) is 5.02 Å². The number of aliphatic hydroxyl groups excluding tert-OH is 1. The summed E-state index contributed by atoms with van der Waals surface area (Å²) in [4.78, 5) is 2.46. The summed E-state index contributed by atoms with van der Waals surface area (Å²) >= 11 is 6.31. The molecule has 1 aromatic heterocycles. The van der Waals surface area contributed by atoms with Crippen LogP contribution in [-0.2, 0) is 29.8 Å². The summed E-state index contributed by atoms with van der Waals surface area (Å²) in [5.41, 5.74) is 2.34. The van der Waals surface area contributed by atoms with E-state index >= 15 is 0 Å². The molecule has 7 heteroatoms. The fraction of sp³-hybridized carbons (Fsp3) is 0.609. The van der Waals surface area contributed by atoms with Gasteiger partial charge in [-0.2, -0.15) is 5.10 Å². The van der Waals surface area contributed by atoms with E-state index in [1.807, 2.05) is 18.5 Å². The molecule has 0 unspecified atom stereocenters. The van der Waals surface area contributed by atoms with Crippen LogP contribution in [0.4, 0.5) is 0 Å². The number of ether oxygens (including phenoxy) is 1. The van der Waals surface area contributed by atoms with Gasteiger partial charge in [0.15, 0.2) is 0 Å². The van der Waals surface area contributed by atoms with Crippen LogP contribution in [-0.4, -0.2) is 55.8 Å². The molecule has 1 fully saturated rings. The molecule has 30 heavy (non-hydrogen) atoms. The average molecular weight is 434 g/mol. The van der Waals surface area contributed by atoms with Gasteiger partial charge in [-0.05, 0) is 63.3 Å². The summed E-state index contributed by atoms with van der Waals surface area (Å²) < 4.78 is 8.09. The summed E-state index contributed by atoms with van der Waals surface area (Å²) in [6, 6.07) is 6.57. The number of hydrogen-bond acceptors (Lipinski definition) is 5. The maximum atomic E-state index is 10.1. The van der Waals surface area contributed by atoms with Crippen LogP contribution in [0.25, 0.3) is 0 Å². The maximum Gasteiger partial charge on any atom is 0.102 e. The topological polar surface area (TPSA) is 70.8 Å². The Kier molecular flexibility index (Phi) is 5.99. The third-order valence-corrected chi connectivity index (χ3v) is 6.85. The molecule has 0 radical (unpaired) electrons. The first-order valence-electron chi connectivity index (χ1n) is 10.7. The fourth-order valence-corrected chi connectivity index (χ4v) is 4.88. The number of aromatic nitrogens is 2. The average Bonchev–Trinajstić information content (AvgIpc) is 3.11. The van der Waals surface area contributed by atoms with E-state index in [-0.39, 0.29) is 12.1 Å². The molecule has 1 saturated heterocycles. The first-order chi connectivity index (χ1) is 14.2. The highest BCUT2D eigenvalue weighted by atomic mass is 35.5. The zero-order valence-corrected chi connectivity index (χ0v) is 18.8. The molecule has 2 N–H and O–H groups in total. The van der Waals surface area contributed by atoms with Crippen LogP contribution in [0.1, 0.15) is 50.3 Å². The Morgan fingerprint density at radius 3 is 2.93 bits per heavy atom. The van der Waals surface area contributed by atoms with Gasteiger partial charge in [0.05, 0.1) is 30.6 Å². The second-order valence-corrected chi connectivity index (χ2v) is 9.84. The van der Waals surface area contributed by atoms with Crippen molar-refractivity contribution in [3.63, 3.8) is 0 Å². The van der Waals surface area contributed by atoms with Crippen molar-refractivity contribution in [3.05, 3.63) is 52.3 Å². The Bertz CT molecular complexity index is 894. The molecular weight excluding hydrogens is 402 g/mol. The zero-order chi connectivity index (χ0) is 21.5. The molecule has 164 valence electrons. The molecule has 3 heterocycles. The van der Waals surface area contributed by atoms with Gasteiger partial charge in [-0.25, -0.2) is 0 Å². The molecule has 0 amide bonds. The number of halogens is 1. The monoisotopic (exact) mass is 433 g/mol. The van der Waals surface area contributed by atoms with Crippen LogP contribution in [0.3, 0.4) is 0 Å². The molecule has 1 spiro atoms. The largest absolute Gasteiger partial charge is 0.388 e. The van der Waals surface area contributed by atoms with E-state index < -0.39 is 11.7 Å². The van der Waals surface area contributed by atoms with Crippen molar-refractivity contribution >= 4 is 11.6 Å². The van der Waals surface area contributed by atoms with Crippen LogP contribution in [0.15, 0.2) is 30.6 Å². The van der Waals surface area contributed by atoms with Gasteiger partial charge in [0, 0.05) is 35.9 Å².